The van der Waals surface area contributed by atoms with E-state index >= 15 is 0 Å². The summed E-state index contributed by atoms with van der Waals surface area (Å²) in [6.45, 7) is 0. The highest BCUT2D eigenvalue weighted by Crippen LogP contribution is 2.29. The van der Waals surface area contributed by atoms with Gasteiger partial charge in [-0.25, -0.2) is 4.98 Å². The number of aromatic nitrogens is 1. The third-order valence-corrected chi connectivity index (χ3v) is 3.63. The Morgan fingerprint density at radius 2 is 1.52 bits per heavy atom. The van der Waals surface area contributed by atoms with Gasteiger partial charge in [0.1, 0.15) is 5.82 Å². The minimum absolute atomic E-state index is 0.882. The number of hydrogen-bond acceptors (Lipinski definition) is 2. The number of hydrogen-bond donors (Lipinski definition) is 1. The van der Waals surface area contributed by atoms with Crippen LogP contribution >= 0.6 is 0 Å². The monoisotopic (exact) mass is 270 g/mol. The lowest BCUT2D eigenvalue weighted by atomic mass is 10.1. The molecule has 1 heterocycles. The normalized spacial score (nSPS) is 10.9. The van der Waals surface area contributed by atoms with E-state index in [1.165, 1.54) is 10.8 Å². The second-order valence-corrected chi connectivity index (χ2v) is 5.04. The Morgan fingerprint density at radius 3 is 2.52 bits per heavy atom. The third kappa shape index (κ3) is 2.21. The standard InChI is InChI=1S/C19H14N2/c1-2-8-15-13-19(20-17(15)11-3-1)21-18-12-6-9-14-7-4-5-10-16(14)18/h1-13H,(H,20,21). The molecule has 2 nitrogen and oxygen atoms in total. The molecule has 0 unspecified atom stereocenters. The highest BCUT2D eigenvalue weighted by atomic mass is 15.0. The highest BCUT2D eigenvalue weighted by Gasteiger charge is 2.08. The Morgan fingerprint density at radius 1 is 0.714 bits per heavy atom. The lowest BCUT2D eigenvalue weighted by Crippen LogP contribution is -1.91. The van der Waals surface area contributed by atoms with Crippen LogP contribution in [-0.2, 0) is 0 Å². The van der Waals surface area contributed by atoms with Gasteiger partial charge < -0.3 is 5.32 Å². The number of benzene rings is 2. The van der Waals surface area contributed by atoms with Crippen molar-refractivity contribution in [3.8, 4) is 11.3 Å². The van der Waals surface area contributed by atoms with Gasteiger partial charge in [-0.2, -0.15) is 0 Å². The molecule has 2 aromatic rings. The van der Waals surface area contributed by atoms with E-state index in [4.69, 9.17) is 0 Å². The summed E-state index contributed by atoms with van der Waals surface area (Å²) in [6.07, 6.45) is 0. The number of fused-ring (bicyclic) bond motifs is 2. The topological polar surface area (TPSA) is 24.9 Å². The van der Waals surface area contributed by atoms with E-state index in [1.807, 2.05) is 24.3 Å². The Bertz CT molecular complexity index is 847. The van der Waals surface area contributed by atoms with Gasteiger partial charge in [-0.3, -0.25) is 0 Å². The summed E-state index contributed by atoms with van der Waals surface area (Å²) in [7, 11) is 0. The van der Waals surface area contributed by atoms with Crippen LogP contribution in [0, 0.1) is 0 Å². The fraction of sp³-hybridized carbons (Fsp3) is 0. The number of nitrogens with zero attached hydrogens (tertiary/aromatic N) is 1. The van der Waals surface area contributed by atoms with Crippen LogP contribution in [0.25, 0.3) is 22.0 Å². The number of anilines is 2. The first-order valence-corrected chi connectivity index (χ1v) is 7.01. The van der Waals surface area contributed by atoms with Crippen molar-refractivity contribution in [1.82, 2.24) is 4.98 Å². The van der Waals surface area contributed by atoms with Gasteiger partial charge in [-0.15, -0.1) is 0 Å². The Hall–Kier alpha value is -2.87. The van der Waals surface area contributed by atoms with Gasteiger partial charge in [0.2, 0.25) is 0 Å². The molecule has 0 radical (unpaired) electrons. The molecule has 0 bridgehead atoms. The predicted molar refractivity (Wildman–Crippen MR) is 88.1 cm³/mol. The largest absolute Gasteiger partial charge is 0.340 e. The second kappa shape index (κ2) is 4.91. The summed E-state index contributed by atoms with van der Waals surface area (Å²) in [5.74, 6) is 0.882. The van der Waals surface area contributed by atoms with E-state index in [0.717, 1.165) is 22.8 Å². The summed E-state index contributed by atoms with van der Waals surface area (Å²) in [5.41, 5.74) is 3.23. The van der Waals surface area contributed by atoms with Crippen molar-refractivity contribution in [2.45, 2.75) is 0 Å². The zero-order chi connectivity index (χ0) is 14.1. The summed E-state index contributed by atoms with van der Waals surface area (Å²) in [6, 6.07) is 26.9. The molecule has 2 heteroatoms. The van der Waals surface area contributed by atoms with E-state index in [0.29, 0.717) is 0 Å². The minimum Gasteiger partial charge on any atom is -0.340 e. The first-order valence-electron chi connectivity index (χ1n) is 7.01. The molecule has 0 atom stereocenters. The molecule has 21 heavy (non-hydrogen) atoms. The van der Waals surface area contributed by atoms with Crippen LogP contribution in [0.2, 0.25) is 0 Å². The Labute approximate surface area is 123 Å². The van der Waals surface area contributed by atoms with E-state index in [1.54, 1.807) is 0 Å². The van der Waals surface area contributed by atoms with E-state index < -0.39 is 0 Å². The van der Waals surface area contributed by atoms with Gasteiger partial charge >= 0.3 is 0 Å². The minimum atomic E-state index is 0.882. The Balaban J connectivity index is 1.79. The molecule has 0 spiro atoms. The summed E-state index contributed by atoms with van der Waals surface area (Å²) >= 11 is 0. The van der Waals surface area contributed by atoms with Crippen molar-refractivity contribution in [2.24, 2.45) is 0 Å². The van der Waals surface area contributed by atoms with Crippen molar-refractivity contribution in [3.05, 3.63) is 78.9 Å². The van der Waals surface area contributed by atoms with Crippen LogP contribution in [0.1, 0.15) is 0 Å². The maximum absolute atomic E-state index is 4.64. The smallest absolute Gasteiger partial charge is 0.131 e. The molecule has 2 aromatic carbocycles. The highest BCUT2D eigenvalue weighted by molar-refractivity contribution is 5.95. The molecule has 1 aliphatic heterocycles. The molecule has 0 saturated carbocycles. The predicted octanol–water partition coefficient (Wildman–Crippen LogP) is 5.08. The molecule has 1 aliphatic carbocycles. The molecule has 0 saturated heterocycles. The fourth-order valence-electron chi connectivity index (χ4n) is 2.62. The molecule has 100 valence electrons. The SMILES string of the molecule is c1ccc2cc(Nc3cccc4ccccc34)nc-2cc1. The quantitative estimate of drug-likeness (QED) is 0.549. The van der Waals surface area contributed by atoms with Crippen LogP contribution in [0.3, 0.4) is 0 Å². The summed E-state index contributed by atoms with van der Waals surface area (Å²) in [5, 5.41) is 5.87. The van der Waals surface area contributed by atoms with Gasteiger partial charge in [0.05, 0.1) is 5.69 Å². The first-order chi connectivity index (χ1) is 10.4. The third-order valence-electron chi connectivity index (χ3n) is 3.63. The lowest BCUT2D eigenvalue weighted by Gasteiger charge is -2.07. The molecule has 1 N–H and O–H groups in total. The van der Waals surface area contributed by atoms with E-state index in [-0.39, 0.29) is 0 Å². The van der Waals surface area contributed by atoms with Crippen molar-refractivity contribution < 1.29 is 0 Å². The molecule has 0 amide bonds. The van der Waals surface area contributed by atoms with Crippen molar-refractivity contribution in [1.29, 1.82) is 0 Å². The number of nitrogens with one attached hydrogen (secondary N) is 1. The number of rotatable bonds is 2. The molecule has 4 rings (SSSR count). The molecule has 0 aromatic heterocycles. The van der Waals surface area contributed by atoms with Gasteiger partial charge in [0, 0.05) is 16.6 Å². The average Bonchev–Trinajstić information content (AvgIpc) is 2.76. The second-order valence-electron chi connectivity index (χ2n) is 5.04. The van der Waals surface area contributed by atoms with Gasteiger partial charge in [-0.05, 0) is 23.6 Å². The van der Waals surface area contributed by atoms with Gasteiger partial charge in [-0.1, -0.05) is 60.7 Å². The molecule has 2 aliphatic rings. The molecular formula is C19H14N2. The van der Waals surface area contributed by atoms with Crippen LogP contribution in [0.15, 0.2) is 78.9 Å². The summed E-state index contributed by atoms with van der Waals surface area (Å²) < 4.78 is 0. The van der Waals surface area contributed by atoms with E-state index in [9.17, 15) is 0 Å². The van der Waals surface area contributed by atoms with Crippen LogP contribution < -0.4 is 5.32 Å². The van der Waals surface area contributed by atoms with Crippen LogP contribution in [0.4, 0.5) is 11.5 Å². The van der Waals surface area contributed by atoms with E-state index in [2.05, 4.69) is 64.9 Å². The zero-order valence-corrected chi connectivity index (χ0v) is 11.5. The maximum atomic E-state index is 4.64. The molecule has 0 fully saturated rings. The fourth-order valence-corrected chi connectivity index (χ4v) is 2.62. The summed E-state index contributed by atoms with van der Waals surface area (Å²) in [4.78, 5) is 4.64. The molecular weight excluding hydrogens is 256 g/mol. The van der Waals surface area contributed by atoms with Crippen LogP contribution in [0.5, 0.6) is 0 Å². The van der Waals surface area contributed by atoms with Crippen molar-refractivity contribution in [2.75, 3.05) is 5.32 Å². The maximum Gasteiger partial charge on any atom is 0.131 e. The van der Waals surface area contributed by atoms with Crippen molar-refractivity contribution in [3.63, 3.8) is 0 Å². The van der Waals surface area contributed by atoms with Gasteiger partial charge in [0.15, 0.2) is 0 Å². The van der Waals surface area contributed by atoms with Gasteiger partial charge in [0.25, 0.3) is 0 Å². The van der Waals surface area contributed by atoms with Crippen molar-refractivity contribution >= 4 is 22.3 Å². The lowest BCUT2D eigenvalue weighted by molar-refractivity contribution is 1.39. The van der Waals surface area contributed by atoms with Crippen LogP contribution in [-0.4, -0.2) is 4.98 Å². The average molecular weight is 270 g/mol. The zero-order valence-electron chi connectivity index (χ0n) is 11.5. The Kier molecular flexibility index (Phi) is 2.79. The first kappa shape index (κ1) is 11.9.